The van der Waals surface area contributed by atoms with Crippen molar-refractivity contribution in [3.63, 3.8) is 0 Å². The molecular weight excluding hydrogens is 218 g/mol. The molecule has 1 aliphatic rings. The van der Waals surface area contributed by atoms with Gasteiger partial charge in [-0.2, -0.15) is 0 Å². The van der Waals surface area contributed by atoms with Crippen molar-refractivity contribution in [1.29, 1.82) is 0 Å². The van der Waals surface area contributed by atoms with E-state index in [9.17, 15) is 9.90 Å². The van der Waals surface area contributed by atoms with Gasteiger partial charge in [-0.05, 0) is 26.3 Å². The van der Waals surface area contributed by atoms with Crippen molar-refractivity contribution >= 4 is 6.03 Å². The van der Waals surface area contributed by atoms with Crippen LogP contribution >= 0.6 is 0 Å². The molecule has 1 atom stereocenters. The van der Waals surface area contributed by atoms with Crippen molar-refractivity contribution in [2.75, 3.05) is 33.2 Å². The van der Waals surface area contributed by atoms with Crippen LogP contribution in [0.25, 0.3) is 0 Å². The summed E-state index contributed by atoms with van der Waals surface area (Å²) >= 11 is 0. The van der Waals surface area contributed by atoms with Crippen molar-refractivity contribution in [3.05, 3.63) is 0 Å². The fraction of sp³-hybridized carbons (Fsp3) is 0.917. The Morgan fingerprint density at radius 1 is 1.53 bits per heavy atom. The van der Waals surface area contributed by atoms with Crippen LogP contribution in [0.4, 0.5) is 4.79 Å². The molecule has 5 heteroatoms. The molecule has 2 N–H and O–H groups in total. The minimum absolute atomic E-state index is 0.0825. The second-order valence-corrected chi connectivity index (χ2v) is 4.89. The molecule has 0 radical (unpaired) electrons. The first-order valence-corrected chi connectivity index (χ1v) is 6.45. The fourth-order valence-electron chi connectivity index (χ4n) is 2.16. The van der Waals surface area contributed by atoms with Crippen molar-refractivity contribution in [2.45, 2.75) is 38.8 Å². The van der Waals surface area contributed by atoms with E-state index in [0.29, 0.717) is 6.54 Å². The van der Waals surface area contributed by atoms with Crippen LogP contribution in [0.2, 0.25) is 0 Å². The predicted molar refractivity (Wildman–Crippen MR) is 68.0 cm³/mol. The Balaban J connectivity index is 2.27. The molecule has 0 aromatic rings. The number of rotatable bonds is 4. The molecule has 1 unspecified atom stereocenters. The summed E-state index contributed by atoms with van der Waals surface area (Å²) in [5.41, 5.74) is 0. The molecule has 1 rings (SSSR count). The summed E-state index contributed by atoms with van der Waals surface area (Å²) in [7, 11) is 1.71. The number of amides is 2. The second kappa shape index (κ2) is 6.81. The number of hydrogen-bond donors (Lipinski definition) is 2. The minimum Gasteiger partial charge on any atom is -0.392 e. The molecule has 0 spiro atoms. The average molecular weight is 243 g/mol. The Morgan fingerprint density at radius 3 is 2.59 bits per heavy atom. The number of piperidine rings is 1. The van der Waals surface area contributed by atoms with E-state index in [-0.39, 0.29) is 12.1 Å². The lowest BCUT2D eigenvalue weighted by atomic mass is 10.1. The van der Waals surface area contributed by atoms with Crippen LogP contribution in [0.1, 0.15) is 26.7 Å². The second-order valence-electron chi connectivity index (χ2n) is 4.89. The molecule has 1 heterocycles. The number of nitrogens with one attached hydrogen (secondary N) is 1. The first-order chi connectivity index (χ1) is 8.02. The van der Waals surface area contributed by atoms with E-state index in [1.54, 1.807) is 14.0 Å². The molecule has 1 saturated heterocycles. The third-order valence-electron chi connectivity index (χ3n) is 3.25. The van der Waals surface area contributed by atoms with Gasteiger partial charge < -0.3 is 20.2 Å². The summed E-state index contributed by atoms with van der Waals surface area (Å²) in [5.74, 6) is 0. The zero-order valence-electron chi connectivity index (χ0n) is 11.1. The highest BCUT2D eigenvalue weighted by Gasteiger charge is 2.21. The summed E-state index contributed by atoms with van der Waals surface area (Å²) in [5, 5.41) is 12.2. The van der Waals surface area contributed by atoms with Gasteiger partial charge >= 0.3 is 6.03 Å². The Morgan fingerprint density at radius 2 is 2.12 bits per heavy atom. The lowest BCUT2D eigenvalue weighted by Crippen LogP contribution is -2.49. The van der Waals surface area contributed by atoms with E-state index >= 15 is 0 Å². The molecule has 1 aliphatic heterocycles. The number of hydrogen-bond acceptors (Lipinski definition) is 3. The van der Waals surface area contributed by atoms with Crippen LogP contribution in [0.5, 0.6) is 0 Å². The first kappa shape index (κ1) is 14.3. The van der Waals surface area contributed by atoms with Gasteiger partial charge in [0.1, 0.15) is 0 Å². The highest BCUT2D eigenvalue weighted by atomic mass is 16.3. The number of nitrogens with zero attached hydrogens (tertiary/aromatic N) is 2. The number of likely N-dealkylation sites (tertiary alicyclic amines) is 1. The van der Waals surface area contributed by atoms with Gasteiger partial charge in [-0.15, -0.1) is 0 Å². The average Bonchev–Trinajstić information content (AvgIpc) is 2.29. The maximum Gasteiger partial charge on any atom is 0.317 e. The largest absolute Gasteiger partial charge is 0.392 e. The molecule has 1 fully saturated rings. The zero-order chi connectivity index (χ0) is 12.8. The molecule has 0 saturated carbocycles. The van der Waals surface area contributed by atoms with Gasteiger partial charge in [0.2, 0.25) is 0 Å². The number of urea groups is 1. The third-order valence-corrected chi connectivity index (χ3v) is 3.25. The van der Waals surface area contributed by atoms with Gasteiger partial charge in [-0.1, -0.05) is 6.92 Å². The van der Waals surface area contributed by atoms with E-state index < -0.39 is 6.10 Å². The molecule has 17 heavy (non-hydrogen) atoms. The van der Waals surface area contributed by atoms with Crippen LogP contribution in [0, 0.1) is 0 Å². The van der Waals surface area contributed by atoms with E-state index in [0.717, 1.165) is 32.5 Å². The third kappa shape index (κ3) is 4.91. The first-order valence-electron chi connectivity index (χ1n) is 6.45. The standard InChI is InChI=1S/C12H25N3O2/c1-4-15-7-5-11(6-8-15)13-12(17)14(3)9-10(2)16/h10-11,16H,4-9H2,1-3H3,(H,13,17). The molecule has 100 valence electrons. The van der Waals surface area contributed by atoms with E-state index in [1.165, 1.54) is 4.90 Å². The van der Waals surface area contributed by atoms with Crippen molar-refractivity contribution < 1.29 is 9.90 Å². The number of aliphatic hydroxyl groups excluding tert-OH is 1. The zero-order valence-corrected chi connectivity index (χ0v) is 11.1. The quantitative estimate of drug-likeness (QED) is 0.755. The van der Waals surface area contributed by atoms with Gasteiger partial charge in [0.25, 0.3) is 0 Å². The van der Waals surface area contributed by atoms with Gasteiger partial charge in [0.05, 0.1) is 6.10 Å². The molecule has 0 bridgehead atoms. The number of likely N-dealkylation sites (N-methyl/N-ethyl adjacent to an activating group) is 1. The molecule has 0 aliphatic carbocycles. The van der Waals surface area contributed by atoms with Crippen molar-refractivity contribution in [1.82, 2.24) is 15.1 Å². The van der Waals surface area contributed by atoms with Crippen molar-refractivity contribution in [3.8, 4) is 0 Å². The van der Waals surface area contributed by atoms with E-state index in [1.807, 2.05) is 0 Å². The lowest BCUT2D eigenvalue weighted by molar-refractivity contribution is 0.138. The van der Waals surface area contributed by atoms with Crippen LogP contribution in [0.3, 0.4) is 0 Å². The summed E-state index contributed by atoms with van der Waals surface area (Å²) in [6.07, 6.45) is 1.55. The normalized spacial score (nSPS) is 20.0. The molecule has 0 aromatic carbocycles. The smallest absolute Gasteiger partial charge is 0.317 e. The van der Waals surface area contributed by atoms with Crippen molar-refractivity contribution in [2.24, 2.45) is 0 Å². The molecular formula is C12H25N3O2. The summed E-state index contributed by atoms with van der Waals surface area (Å²) in [6, 6.07) is 0.197. The lowest BCUT2D eigenvalue weighted by Gasteiger charge is -2.32. The summed E-state index contributed by atoms with van der Waals surface area (Å²) in [6.45, 7) is 7.42. The van der Waals surface area contributed by atoms with Gasteiger partial charge in [0.15, 0.2) is 0 Å². The molecule has 2 amide bonds. The summed E-state index contributed by atoms with van der Waals surface area (Å²) < 4.78 is 0. The summed E-state index contributed by atoms with van der Waals surface area (Å²) in [4.78, 5) is 15.7. The Bertz CT molecular complexity index is 238. The minimum atomic E-state index is -0.479. The number of carbonyl (C=O) groups excluding carboxylic acids is 1. The highest BCUT2D eigenvalue weighted by Crippen LogP contribution is 2.09. The monoisotopic (exact) mass is 243 g/mol. The van der Waals surface area contributed by atoms with Crippen LogP contribution < -0.4 is 5.32 Å². The van der Waals surface area contributed by atoms with Crippen LogP contribution in [-0.2, 0) is 0 Å². The molecule has 5 nitrogen and oxygen atoms in total. The highest BCUT2D eigenvalue weighted by molar-refractivity contribution is 5.74. The van der Waals surface area contributed by atoms with Crippen LogP contribution in [0.15, 0.2) is 0 Å². The van der Waals surface area contributed by atoms with Gasteiger partial charge in [-0.3, -0.25) is 0 Å². The van der Waals surface area contributed by atoms with E-state index in [4.69, 9.17) is 0 Å². The van der Waals surface area contributed by atoms with Gasteiger partial charge in [-0.25, -0.2) is 4.79 Å². The number of aliphatic hydroxyl groups is 1. The SMILES string of the molecule is CCN1CCC(NC(=O)N(C)CC(C)O)CC1. The maximum atomic E-state index is 11.8. The van der Waals surface area contributed by atoms with E-state index in [2.05, 4.69) is 17.1 Å². The van der Waals surface area contributed by atoms with Gasteiger partial charge in [0, 0.05) is 32.7 Å². The predicted octanol–water partition coefficient (Wildman–Crippen LogP) is 0.493. The van der Waals surface area contributed by atoms with Crippen LogP contribution in [-0.4, -0.2) is 66.3 Å². The Hall–Kier alpha value is -0.810. The Kier molecular flexibility index (Phi) is 5.71. The topological polar surface area (TPSA) is 55.8 Å². The fourth-order valence-corrected chi connectivity index (χ4v) is 2.16. The maximum absolute atomic E-state index is 11.8. The Labute approximate surface area is 104 Å². The molecule has 0 aromatic heterocycles. The number of carbonyl (C=O) groups is 1.